The fraction of sp³-hybridized carbons (Fsp3) is 0.450. The maximum atomic E-state index is 13.5. The van der Waals surface area contributed by atoms with Crippen LogP contribution in [0.3, 0.4) is 0 Å². The van der Waals surface area contributed by atoms with Crippen LogP contribution in [0.5, 0.6) is 0 Å². The Morgan fingerprint density at radius 3 is 2.75 bits per heavy atom. The number of halogens is 3. The predicted molar refractivity (Wildman–Crippen MR) is 111 cm³/mol. The van der Waals surface area contributed by atoms with Crippen LogP contribution >= 0.6 is 0 Å². The summed E-state index contributed by atoms with van der Waals surface area (Å²) < 4.78 is 38.7. The Balaban J connectivity index is 1.60. The molecule has 1 saturated heterocycles. The van der Waals surface area contributed by atoms with E-state index in [0.29, 0.717) is 25.2 Å². The second kappa shape index (κ2) is 8.60. The molecule has 0 aromatic carbocycles. The summed E-state index contributed by atoms with van der Waals surface area (Å²) in [6, 6.07) is 2.70. The molecule has 3 atom stereocenters. The number of hydrogen-bond acceptors (Lipinski definition) is 6. The van der Waals surface area contributed by atoms with Crippen molar-refractivity contribution in [3.63, 3.8) is 0 Å². The topological polar surface area (TPSA) is 103 Å². The van der Waals surface area contributed by atoms with Crippen molar-refractivity contribution in [1.82, 2.24) is 20.5 Å². The van der Waals surface area contributed by atoms with Gasteiger partial charge in [0, 0.05) is 13.1 Å². The van der Waals surface area contributed by atoms with E-state index >= 15 is 0 Å². The van der Waals surface area contributed by atoms with E-state index in [2.05, 4.69) is 30.7 Å². The molecule has 0 saturated carbocycles. The van der Waals surface area contributed by atoms with Crippen LogP contribution < -0.4 is 20.4 Å². The summed E-state index contributed by atoms with van der Waals surface area (Å²) in [5.74, 6) is -0.259. The van der Waals surface area contributed by atoms with Crippen LogP contribution in [0.15, 0.2) is 24.4 Å². The van der Waals surface area contributed by atoms with E-state index in [1.165, 1.54) is 11.0 Å². The number of carbonyl (C=O) groups excluding carboxylic acids is 2. The van der Waals surface area contributed by atoms with Gasteiger partial charge in [0.1, 0.15) is 5.69 Å². The minimum atomic E-state index is -3.21. The van der Waals surface area contributed by atoms with Gasteiger partial charge in [0.2, 0.25) is 0 Å². The second-order valence-corrected chi connectivity index (χ2v) is 7.89. The molecule has 32 heavy (non-hydrogen) atoms. The number of rotatable bonds is 5. The number of nitrogens with one attached hydrogen (secondary N) is 2. The molecule has 3 amide bonds. The Bertz CT molecular complexity index is 1040. The number of nitrogens with zero attached hydrogens (tertiary/aromatic N) is 5. The van der Waals surface area contributed by atoms with Gasteiger partial charge in [-0.05, 0) is 44.0 Å². The van der Waals surface area contributed by atoms with Gasteiger partial charge < -0.3 is 10.2 Å². The first kappa shape index (κ1) is 21.8. The van der Waals surface area contributed by atoms with Crippen LogP contribution in [-0.4, -0.2) is 64.9 Å². The van der Waals surface area contributed by atoms with E-state index in [1.807, 2.05) is 6.92 Å². The zero-order chi connectivity index (χ0) is 23.0. The molecule has 2 aliphatic rings. The Hall–Kier alpha value is -3.44. The number of pyridine rings is 1. The maximum absolute atomic E-state index is 13.5. The number of alkyl halides is 3. The molecule has 4 heterocycles. The van der Waals surface area contributed by atoms with Crippen LogP contribution in [0, 0.1) is 6.92 Å². The zero-order valence-corrected chi connectivity index (χ0v) is 17.4. The Morgan fingerprint density at radius 1 is 1.25 bits per heavy atom. The van der Waals surface area contributed by atoms with Gasteiger partial charge in [-0.3, -0.25) is 15.0 Å². The van der Waals surface area contributed by atoms with Crippen molar-refractivity contribution in [2.45, 2.75) is 44.9 Å². The first-order valence-electron chi connectivity index (χ1n) is 10.1. The zero-order valence-electron chi connectivity index (χ0n) is 17.4. The quantitative estimate of drug-likeness (QED) is 0.727. The van der Waals surface area contributed by atoms with E-state index in [9.17, 15) is 22.8 Å². The van der Waals surface area contributed by atoms with Gasteiger partial charge in [0.15, 0.2) is 17.8 Å². The SMILES string of the molecule is Cc1cnnc(NC(=O)N2c3nc(C(=O)N[C@H](C)C(F)C(F)F)ccc3N3CC[C@H]2C3)c1. The van der Waals surface area contributed by atoms with Crippen molar-refractivity contribution >= 4 is 29.3 Å². The van der Waals surface area contributed by atoms with Gasteiger partial charge in [0.05, 0.1) is 24.0 Å². The van der Waals surface area contributed by atoms with Gasteiger partial charge in [-0.15, -0.1) is 5.10 Å². The average molecular weight is 449 g/mol. The molecule has 2 aromatic rings. The molecule has 2 N–H and O–H groups in total. The molecular formula is C20H22F3N7O2. The lowest BCUT2D eigenvalue weighted by Crippen LogP contribution is -2.49. The normalized spacial score (nSPS) is 18.9. The number of anilines is 3. The molecule has 12 heteroatoms. The molecule has 2 aromatic heterocycles. The lowest BCUT2D eigenvalue weighted by molar-refractivity contribution is 0.0310. The molecule has 0 spiro atoms. The monoisotopic (exact) mass is 449 g/mol. The molecule has 2 aliphatic heterocycles. The maximum Gasteiger partial charge on any atom is 0.329 e. The Kier molecular flexibility index (Phi) is 5.85. The molecule has 4 rings (SSSR count). The van der Waals surface area contributed by atoms with Gasteiger partial charge in [-0.1, -0.05) is 0 Å². The number of fused-ring (bicyclic) bond motifs is 4. The number of hydrogen-bond donors (Lipinski definition) is 2. The van der Waals surface area contributed by atoms with Crippen molar-refractivity contribution < 1.29 is 22.8 Å². The fourth-order valence-corrected chi connectivity index (χ4v) is 3.87. The molecule has 170 valence electrons. The molecule has 0 aliphatic carbocycles. The summed E-state index contributed by atoms with van der Waals surface area (Å²) >= 11 is 0. The first-order valence-corrected chi connectivity index (χ1v) is 10.1. The molecule has 2 bridgehead atoms. The standard InChI is InChI=1S/C20H22F3N7O2/c1-10-7-15(28-24-8-10)27-20(32)30-12-5-6-29(9-12)14-4-3-13(26-18(14)30)19(31)25-11(2)16(21)17(22)23/h3-4,7-8,11-12,16-17H,5-6,9H2,1-2H3,(H,25,31)(H,27,28,32)/t11-,12+,16?/m1/s1. The minimum Gasteiger partial charge on any atom is -0.366 e. The van der Waals surface area contributed by atoms with Crippen molar-refractivity contribution in [1.29, 1.82) is 0 Å². The van der Waals surface area contributed by atoms with Crippen molar-refractivity contribution in [3.05, 3.63) is 35.7 Å². The smallest absolute Gasteiger partial charge is 0.329 e. The van der Waals surface area contributed by atoms with E-state index in [0.717, 1.165) is 12.5 Å². The number of carbonyl (C=O) groups is 2. The van der Waals surface area contributed by atoms with Gasteiger partial charge >= 0.3 is 6.03 Å². The predicted octanol–water partition coefficient (Wildman–Crippen LogP) is 2.53. The summed E-state index contributed by atoms with van der Waals surface area (Å²) in [6.07, 6.45) is -3.45. The van der Waals surface area contributed by atoms with Crippen LogP contribution in [0.2, 0.25) is 0 Å². The number of aromatic nitrogens is 3. The van der Waals surface area contributed by atoms with Crippen LogP contribution in [-0.2, 0) is 0 Å². The molecule has 1 fully saturated rings. The Labute approximate surface area is 182 Å². The molecule has 0 radical (unpaired) electrons. The van der Waals surface area contributed by atoms with E-state index in [4.69, 9.17) is 0 Å². The average Bonchev–Trinajstić information content (AvgIpc) is 3.16. The lowest BCUT2D eigenvalue weighted by Gasteiger charge is -2.35. The first-order chi connectivity index (χ1) is 15.2. The van der Waals surface area contributed by atoms with Crippen molar-refractivity contribution in [3.8, 4) is 0 Å². The lowest BCUT2D eigenvalue weighted by atomic mass is 10.1. The van der Waals surface area contributed by atoms with Crippen LogP contribution in [0.1, 0.15) is 29.4 Å². The number of amides is 3. The van der Waals surface area contributed by atoms with Crippen molar-refractivity contribution in [2.75, 3.05) is 28.2 Å². The summed E-state index contributed by atoms with van der Waals surface area (Å²) in [7, 11) is 0. The van der Waals surface area contributed by atoms with Crippen LogP contribution in [0.4, 0.5) is 35.3 Å². The fourth-order valence-electron chi connectivity index (χ4n) is 3.87. The van der Waals surface area contributed by atoms with Crippen LogP contribution in [0.25, 0.3) is 0 Å². The molecule has 9 nitrogen and oxygen atoms in total. The highest BCUT2D eigenvalue weighted by Crippen LogP contribution is 2.39. The highest BCUT2D eigenvalue weighted by Gasteiger charge is 2.41. The van der Waals surface area contributed by atoms with E-state index < -0.39 is 30.6 Å². The number of urea groups is 1. The van der Waals surface area contributed by atoms with Crippen molar-refractivity contribution in [2.24, 2.45) is 0 Å². The third-order valence-electron chi connectivity index (χ3n) is 5.51. The summed E-state index contributed by atoms with van der Waals surface area (Å²) in [4.78, 5) is 33.5. The molecular weight excluding hydrogens is 427 g/mol. The highest BCUT2D eigenvalue weighted by molar-refractivity contribution is 6.05. The van der Waals surface area contributed by atoms with E-state index in [-0.39, 0.29) is 23.4 Å². The number of aryl methyl sites for hydroxylation is 1. The summed E-state index contributed by atoms with van der Waals surface area (Å²) in [5, 5.41) is 12.6. The third-order valence-corrected chi connectivity index (χ3v) is 5.51. The third kappa shape index (κ3) is 4.16. The van der Waals surface area contributed by atoms with E-state index in [1.54, 1.807) is 18.3 Å². The summed E-state index contributed by atoms with van der Waals surface area (Å²) in [5.41, 5.74) is 1.39. The summed E-state index contributed by atoms with van der Waals surface area (Å²) in [6.45, 7) is 4.30. The molecule has 1 unspecified atom stereocenters. The van der Waals surface area contributed by atoms with Gasteiger partial charge in [0.25, 0.3) is 12.3 Å². The van der Waals surface area contributed by atoms with Gasteiger partial charge in [-0.25, -0.2) is 22.9 Å². The highest BCUT2D eigenvalue weighted by atomic mass is 19.3. The minimum absolute atomic E-state index is 0.104. The van der Waals surface area contributed by atoms with Gasteiger partial charge in [-0.2, -0.15) is 5.10 Å². The second-order valence-electron chi connectivity index (χ2n) is 7.89. The largest absolute Gasteiger partial charge is 0.366 e. The Morgan fingerprint density at radius 2 is 2.03 bits per heavy atom.